The molecule has 2 rings (SSSR count). The van der Waals surface area contributed by atoms with Gasteiger partial charge in [-0.3, -0.25) is 9.59 Å². The number of hydrogen-bond acceptors (Lipinski definition) is 13. The topological polar surface area (TPSA) is 229 Å². The maximum Gasteiger partial charge on any atom is 0.519 e. The normalized spacial score (nSPS) is 9.62. The lowest BCUT2D eigenvalue weighted by Gasteiger charge is -2.15. The Hall–Kier alpha value is -3.76. The summed E-state index contributed by atoms with van der Waals surface area (Å²) < 4.78 is 27.5. The van der Waals surface area contributed by atoms with Crippen molar-refractivity contribution in [1.29, 1.82) is 0 Å². The predicted molar refractivity (Wildman–Crippen MR) is 138 cm³/mol. The third kappa shape index (κ3) is 18.5. The lowest BCUT2D eigenvalue weighted by Crippen LogP contribution is -2.28. The molecular formula is C22H32Cl2N2O14. The number of carboxylic acid groups (broad SMARTS) is 2. The minimum Gasteiger partial charge on any atom is -0.481 e. The van der Waals surface area contributed by atoms with Gasteiger partial charge in [0.1, 0.15) is 0 Å². The maximum absolute atomic E-state index is 11.5. The molecule has 2 aromatic heterocycles. The first-order chi connectivity index (χ1) is 18.3. The second-order valence-corrected chi connectivity index (χ2v) is 7.78. The van der Waals surface area contributed by atoms with Gasteiger partial charge in [0.25, 0.3) is 0 Å². The lowest BCUT2D eigenvalue weighted by molar-refractivity contribution is -0.138. The summed E-state index contributed by atoms with van der Waals surface area (Å²) in [5, 5.41) is 19.4. The summed E-state index contributed by atoms with van der Waals surface area (Å²) in [5.74, 6) is -2.47. The first kappa shape index (κ1) is 38.4. The molecule has 228 valence electrons. The maximum atomic E-state index is 11.5. The summed E-state index contributed by atoms with van der Waals surface area (Å²) in [5.41, 5.74) is -0.960. The van der Waals surface area contributed by atoms with Crippen molar-refractivity contribution in [3.63, 3.8) is 0 Å². The lowest BCUT2D eigenvalue weighted by atomic mass is 10.3. The van der Waals surface area contributed by atoms with Crippen LogP contribution in [0.1, 0.15) is 48.7 Å². The Bertz CT molecular complexity index is 1170. The summed E-state index contributed by atoms with van der Waals surface area (Å²) in [6.07, 6.45) is 0.662. The van der Waals surface area contributed by atoms with Crippen LogP contribution in [-0.2, 0) is 32.3 Å². The Balaban J connectivity index is 0. The Kier molecular flexibility index (Phi) is 20.3. The quantitative estimate of drug-likeness (QED) is 0.229. The molecule has 16 nitrogen and oxygen atoms in total. The molecule has 0 aliphatic heterocycles. The minimum atomic E-state index is -0.960. The van der Waals surface area contributed by atoms with Gasteiger partial charge >= 0.3 is 35.1 Å². The molecular weight excluding hydrogens is 587 g/mol. The number of nitrogens with zero attached hydrogens (tertiary/aromatic N) is 1. The SMILES string of the molecule is CNCCCC(=O)O.Cc1oc(=O)oc1COC(=O)Cl.Cc1oc(=O)oc1COC(=O)N(C)CCCC(=O)O.Cl. The van der Waals surface area contributed by atoms with Gasteiger partial charge in [0.05, 0.1) is 0 Å². The monoisotopic (exact) mass is 618 g/mol. The molecule has 1 amide bonds. The van der Waals surface area contributed by atoms with E-state index in [0.29, 0.717) is 12.8 Å². The second kappa shape index (κ2) is 21.1. The molecule has 0 radical (unpaired) electrons. The van der Waals surface area contributed by atoms with Crippen molar-refractivity contribution in [2.75, 3.05) is 27.2 Å². The van der Waals surface area contributed by atoms with Gasteiger partial charge in [-0.1, -0.05) is 0 Å². The van der Waals surface area contributed by atoms with Gasteiger partial charge in [-0.05, 0) is 40.3 Å². The average Bonchev–Trinajstić information content (AvgIpc) is 3.34. The van der Waals surface area contributed by atoms with Crippen molar-refractivity contribution >= 4 is 47.5 Å². The molecule has 0 atom stereocenters. The van der Waals surface area contributed by atoms with Gasteiger partial charge in [-0.25, -0.2) is 19.2 Å². The highest BCUT2D eigenvalue weighted by Gasteiger charge is 2.14. The molecule has 0 unspecified atom stereocenters. The second-order valence-electron chi connectivity index (χ2n) is 7.47. The fourth-order valence-corrected chi connectivity index (χ4v) is 2.40. The molecule has 40 heavy (non-hydrogen) atoms. The highest BCUT2D eigenvalue weighted by Crippen LogP contribution is 2.08. The Morgan fingerprint density at radius 2 is 1.30 bits per heavy atom. The van der Waals surface area contributed by atoms with E-state index in [9.17, 15) is 28.8 Å². The van der Waals surface area contributed by atoms with E-state index in [1.165, 1.54) is 25.8 Å². The van der Waals surface area contributed by atoms with Crippen LogP contribution in [0.15, 0.2) is 27.3 Å². The Labute approximate surface area is 238 Å². The van der Waals surface area contributed by atoms with E-state index >= 15 is 0 Å². The number of halogens is 2. The van der Waals surface area contributed by atoms with E-state index in [1.807, 2.05) is 7.05 Å². The highest BCUT2D eigenvalue weighted by atomic mass is 35.5. The molecule has 0 aliphatic rings. The van der Waals surface area contributed by atoms with Crippen molar-refractivity contribution in [2.24, 2.45) is 0 Å². The van der Waals surface area contributed by atoms with Crippen LogP contribution in [0.5, 0.6) is 0 Å². The number of aryl methyl sites for hydroxylation is 2. The van der Waals surface area contributed by atoms with Crippen LogP contribution >= 0.6 is 24.0 Å². The first-order valence-corrected chi connectivity index (χ1v) is 11.6. The number of aliphatic carboxylic acids is 2. The molecule has 18 heteroatoms. The fourth-order valence-electron chi connectivity index (χ4n) is 2.35. The summed E-state index contributed by atoms with van der Waals surface area (Å²) >= 11 is 4.88. The summed E-state index contributed by atoms with van der Waals surface area (Å²) in [7, 11) is 3.30. The molecule has 0 fully saturated rings. The van der Waals surface area contributed by atoms with E-state index in [1.54, 1.807) is 0 Å². The van der Waals surface area contributed by atoms with E-state index in [0.717, 1.165) is 6.54 Å². The van der Waals surface area contributed by atoms with Gasteiger partial charge in [0, 0.05) is 38.0 Å². The van der Waals surface area contributed by atoms with E-state index in [-0.39, 0.29) is 68.0 Å². The first-order valence-electron chi connectivity index (χ1n) is 11.2. The van der Waals surface area contributed by atoms with Gasteiger partial charge in [0.2, 0.25) is 0 Å². The molecule has 0 spiro atoms. The molecule has 2 heterocycles. The number of nitrogens with one attached hydrogen (secondary N) is 1. The predicted octanol–water partition coefficient (Wildman–Crippen LogP) is 2.88. The van der Waals surface area contributed by atoms with E-state index in [2.05, 4.69) is 27.7 Å². The number of amides is 1. The number of ether oxygens (including phenoxy) is 2. The average molecular weight is 619 g/mol. The van der Waals surface area contributed by atoms with Crippen LogP contribution in [0.3, 0.4) is 0 Å². The molecule has 0 aliphatic carbocycles. The molecule has 0 bridgehead atoms. The zero-order valence-corrected chi connectivity index (χ0v) is 23.8. The highest BCUT2D eigenvalue weighted by molar-refractivity contribution is 6.61. The number of rotatable bonds is 12. The van der Waals surface area contributed by atoms with Crippen LogP contribution in [0.4, 0.5) is 9.59 Å². The van der Waals surface area contributed by atoms with Crippen LogP contribution < -0.4 is 17.0 Å². The Morgan fingerprint density at radius 3 is 1.68 bits per heavy atom. The summed E-state index contributed by atoms with van der Waals surface area (Å²) in [6.45, 7) is 3.68. The summed E-state index contributed by atoms with van der Waals surface area (Å²) in [6, 6.07) is 0. The van der Waals surface area contributed by atoms with Gasteiger partial charge in [-0.15, -0.1) is 12.4 Å². The van der Waals surface area contributed by atoms with Crippen LogP contribution in [0.25, 0.3) is 0 Å². The number of carbonyl (C=O) groups excluding carboxylic acids is 2. The van der Waals surface area contributed by atoms with Crippen molar-refractivity contribution in [3.05, 3.63) is 44.3 Å². The minimum absolute atomic E-state index is 0. The van der Waals surface area contributed by atoms with Crippen LogP contribution in [0, 0.1) is 13.8 Å². The third-order valence-corrected chi connectivity index (χ3v) is 4.44. The fraction of sp³-hybridized carbons (Fsp3) is 0.545. The summed E-state index contributed by atoms with van der Waals surface area (Å²) in [4.78, 5) is 64.3. The molecule has 0 saturated carbocycles. The van der Waals surface area contributed by atoms with Gasteiger partial charge in [0.15, 0.2) is 36.3 Å². The molecule has 0 saturated heterocycles. The number of carbonyl (C=O) groups is 4. The zero-order chi connectivity index (χ0) is 30.0. The van der Waals surface area contributed by atoms with Crippen molar-refractivity contribution in [1.82, 2.24) is 10.2 Å². The van der Waals surface area contributed by atoms with E-state index < -0.39 is 35.1 Å². The van der Waals surface area contributed by atoms with Crippen LogP contribution in [-0.4, -0.2) is 65.8 Å². The smallest absolute Gasteiger partial charge is 0.481 e. The standard InChI is InChI=1S/C11H15NO7.C6H5ClO5.C5H11NO2.ClH/c1-7-8(19-11(16)18-7)6-17-10(15)12(2)5-3-4-9(13)14;1-3-4(2-10-5(7)8)12-6(9)11-3;1-6-4-2-3-5(7)8;/h3-6H2,1-2H3,(H,13,14);2H2,1H3;6H,2-4H2,1H3,(H,7,8);1H. The molecule has 0 aromatic carbocycles. The Morgan fingerprint density at radius 1 is 0.850 bits per heavy atom. The van der Waals surface area contributed by atoms with E-state index in [4.69, 9.17) is 26.6 Å². The van der Waals surface area contributed by atoms with Gasteiger partial charge in [-0.2, -0.15) is 0 Å². The zero-order valence-electron chi connectivity index (χ0n) is 22.2. The number of carboxylic acids is 2. The van der Waals surface area contributed by atoms with Crippen molar-refractivity contribution in [3.8, 4) is 0 Å². The number of hydrogen-bond donors (Lipinski definition) is 3. The van der Waals surface area contributed by atoms with Crippen molar-refractivity contribution < 1.29 is 56.5 Å². The third-order valence-electron chi connectivity index (χ3n) is 4.33. The molecule has 2 aromatic rings. The van der Waals surface area contributed by atoms with Crippen molar-refractivity contribution in [2.45, 2.75) is 52.7 Å². The van der Waals surface area contributed by atoms with Gasteiger partial charge < -0.3 is 47.6 Å². The largest absolute Gasteiger partial charge is 0.519 e. The van der Waals surface area contributed by atoms with Crippen LogP contribution in [0.2, 0.25) is 0 Å². The molecule has 3 N–H and O–H groups in total.